The molecule has 1 amide bonds. The third-order valence-corrected chi connectivity index (χ3v) is 1.88. The number of hydrogen-bond acceptors (Lipinski definition) is 2. The minimum Gasteiger partial charge on any atom is -0.386 e. The zero-order valence-electron chi connectivity index (χ0n) is 7.74. The highest BCUT2D eigenvalue weighted by atomic mass is 16.3. The highest BCUT2D eigenvalue weighted by Crippen LogP contribution is 2.19. The van der Waals surface area contributed by atoms with Gasteiger partial charge in [-0.1, -0.05) is 12.1 Å². The fourth-order valence-corrected chi connectivity index (χ4v) is 1.04. The van der Waals surface area contributed by atoms with Crippen LogP contribution in [0.25, 0.3) is 0 Å². The smallest absolute Gasteiger partial charge is 0.248 e. The van der Waals surface area contributed by atoms with Gasteiger partial charge < -0.3 is 10.8 Å². The summed E-state index contributed by atoms with van der Waals surface area (Å²) >= 11 is 0. The Kier molecular flexibility index (Phi) is 2.38. The topological polar surface area (TPSA) is 63.3 Å². The number of benzene rings is 1. The first-order valence-electron chi connectivity index (χ1n) is 4.04. The predicted octanol–water partition coefficient (Wildman–Crippen LogP) is 1.01. The van der Waals surface area contributed by atoms with Crippen LogP contribution in [0.15, 0.2) is 24.3 Å². The number of carbonyl (C=O) groups is 1. The van der Waals surface area contributed by atoms with Gasteiger partial charge in [0.05, 0.1) is 5.60 Å². The van der Waals surface area contributed by atoms with Gasteiger partial charge in [-0.25, -0.2) is 0 Å². The van der Waals surface area contributed by atoms with Gasteiger partial charge in [0.25, 0.3) is 0 Å². The monoisotopic (exact) mass is 179 g/mol. The van der Waals surface area contributed by atoms with Gasteiger partial charge in [0.15, 0.2) is 0 Å². The molecule has 1 rings (SSSR count). The van der Waals surface area contributed by atoms with Crippen molar-refractivity contribution in [3.63, 3.8) is 0 Å². The van der Waals surface area contributed by atoms with Crippen LogP contribution in [0.1, 0.15) is 29.8 Å². The van der Waals surface area contributed by atoms with Crippen molar-refractivity contribution >= 4 is 5.91 Å². The van der Waals surface area contributed by atoms with Gasteiger partial charge in [0.1, 0.15) is 0 Å². The van der Waals surface area contributed by atoms with E-state index in [1.807, 2.05) is 0 Å². The van der Waals surface area contributed by atoms with Crippen molar-refractivity contribution in [1.82, 2.24) is 0 Å². The summed E-state index contributed by atoms with van der Waals surface area (Å²) in [7, 11) is 0. The molecule has 0 aliphatic carbocycles. The van der Waals surface area contributed by atoms with E-state index in [0.717, 1.165) is 5.56 Å². The van der Waals surface area contributed by atoms with Gasteiger partial charge in [0.2, 0.25) is 5.91 Å². The Morgan fingerprint density at radius 1 is 1.31 bits per heavy atom. The number of carbonyl (C=O) groups excluding carboxylic acids is 1. The van der Waals surface area contributed by atoms with Crippen LogP contribution in [0.2, 0.25) is 0 Å². The second-order valence-corrected chi connectivity index (χ2v) is 3.50. The fourth-order valence-electron chi connectivity index (χ4n) is 1.04. The molecule has 0 fully saturated rings. The molecule has 0 atom stereocenters. The van der Waals surface area contributed by atoms with E-state index >= 15 is 0 Å². The summed E-state index contributed by atoms with van der Waals surface area (Å²) in [4.78, 5) is 10.7. The molecule has 3 N–H and O–H groups in total. The van der Waals surface area contributed by atoms with Crippen LogP contribution in [0, 0.1) is 0 Å². The van der Waals surface area contributed by atoms with Crippen LogP contribution in [0.3, 0.4) is 0 Å². The summed E-state index contributed by atoms with van der Waals surface area (Å²) in [6, 6.07) is 6.60. The van der Waals surface area contributed by atoms with Crippen LogP contribution in [-0.2, 0) is 5.60 Å². The molecule has 0 radical (unpaired) electrons. The lowest BCUT2D eigenvalue weighted by atomic mass is 9.97. The number of primary amides is 1. The summed E-state index contributed by atoms with van der Waals surface area (Å²) in [6.07, 6.45) is 0. The summed E-state index contributed by atoms with van der Waals surface area (Å²) in [5.74, 6) is -0.456. The molecule has 0 spiro atoms. The van der Waals surface area contributed by atoms with Crippen LogP contribution in [0.5, 0.6) is 0 Å². The van der Waals surface area contributed by atoms with E-state index in [1.165, 1.54) is 0 Å². The van der Waals surface area contributed by atoms with Crippen molar-refractivity contribution in [3.8, 4) is 0 Å². The molecule has 3 heteroatoms. The lowest BCUT2D eigenvalue weighted by molar-refractivity contribution is 0.0784. The largest absolute Gasteiger partial charge is 0.386 e. The van der Waals surface area contributed by atoms with Gasteiger partial charge >= 0.3 is 0 Å². The third-order valence-electron chi connectivity index (χ3n) is 1.88. The van der Waals surface area contributed by atoms with Crippen LogP contribution < -0.4 is 5.73 Å². The first kappa shape index (κ1) is 9.74. The number of rotatable bonds is 2. The molecule has 0 saturated heterocycles. The summed E-state index contributed by atoms with van der Waals surface area (Å²) < 4.78 is 0. The van der Waals surface area contributed by atoms with Gasteiger partial charge in [-0.2, -0.15) is 0 Å². The number of nitrogens with two attached hydrogens (primary N) is 1. The predicted molar refractivity (Wildman–Crippen MR) is 50.2 cm³/mol. The second-order valence-electron chi connectivity index (χ2n) is 3.50. The average Bonchev–Trinajstić information content (AvgIpc) is 2.03. The maximum atomic E-state index is 10.7. The Balaban J connectivity index is 3.01. The highest BCUT2D eigenvalue weighted by Gasteiger charge is 2.15. The first-order valence-corrected chi connectivity index (χ1v) is 4.04. The zero-order valence-corrected chi connectivity index (χ0v) is 7.74. The average molecular weight is 179 g/mol. The summed E-state index contributed by atoms with van der Waals surface area (Å²) in [5, 5.41) is 9.60. The van der Waals surface area contributed by atoms with Gasteiger partial charge in [-0.05, 0) is 31.5 Å². The number of amides is 1. The van der Waals surface area contributed by atoms with E-state index < -0.39 is 11.5 Å². The molecule has 0 saturated carbocycles. The Labute approximate surface area is 77.2 Å². The van der Waals surface area contributed by atoms with E-state index in [4.69, 9.17) is 5.73 Å². The molecule has 1 aromatic rings. The molecular formula is C10H13NO2. The molecule has 0 aromatic heterocycles. The van der Waals surface area contributed by atoms with E-state index in [-0.39, 0.29) is 0 Å². The minimum atomic E-state index is -0.879. The van der Waals surface area contributed by atoms with E-state index in [0.29, 0.717) is 5.56 Å². The van der Waals surface area contributed by atoms with E-state index in [2.05, 4.69) is 0 Å². The van der Waals surface area contributed by atoms with Crippen molar-refractivity contribution in [1.29, 1.82) is 0 Å². The molecule has 0 heterocycles. The second kappa shape index (κ2) is 3.18. The number of hydrogen-bond donors (Lipinski definition) is 2. The van der Waals surface area contributed by atoms with Crippen molar-refractivity contribution < 1.29 is 9.90 Å². The lowest BCUT2D eigenvalue weighted by Crippen LogP contribution is -2.16. The van der Waals surface area contributed by atoms with E-state index in [1.54, 1.807) is 38.1 Å². The quantitative estimate of drug-likeness (QED) is 0.711. The molecule has 1 aromatic carbocycles. The molecule has 0 unspecified atom stereocenters. The summed E-state index contributed by atoms with van der Waals surface area (Å²) in [5.41, 5.74) is 5.41. The fraction of sp³-hybridized carbons (Fsp3) is 0.300. The maximum Gasteiger partial charge on any atom is 0.248 e. The Morgan fingerprint density at radius 2 is 1.77 bits per heavy atom. The maximum absolute atomic E-state index is 10.7. The Bertz CT molecular complexity index is 309. The van der Waals surface area contributed by atoms with Gasteiger partial charge in [0, 0.05) is 5.56 Å². The molecule has 0 bridgehead atoms. The van der Waals surface area contributed by atoms with Crippen LogP contribution in [0.4, 0.5) is 0 Å². The van der Waals surface area contributed by atoms with E-state index in [9.17, 15) is 9.90 Å². The normalized spacial score (nSPS) is 11.3. The molecule has 0 aliphatic heterocycles. The van der Waals surface area contributed by atoms with Crippen molar-refractivity contribution in [3.05, 3.63) is 35.4 Å². The highest BCUT2D eigenvalue weighted by molar-refractivity contribution is 5.92. The molecule has 0 aliphatic rings. The van der Waals surface area contributed by atoms with Crippen LogP contribution >= 0.6 is 0 Å². The molecule has 3 nitrogen and oxygen atoms in total. The molecule has 70 valence electrons. The number of aliphatic hydroxyl groups is 1. The molecule has 13 heavy (non-hydrogen) atoms. The van der Waals surface area contributed by atoms with Crippen molar-refractivity contribution in [2.45, 2.75) is 19.4 Å². The van der Waals surface area contributed by atoms with Crippen molar-refractivity contribution in [2.75, 3.05) is 0 Å². The Morgan fingerprint density at radius 3 is 2.08 bits per heavy atom. The lowest BCUT2D eigenvalue weighted by Gasteiger charge is -2.17. The third kappa shape index (κ3) is 2.29. The SMILES string of the molecule is CC(C)(O)c1ccc(C(N)=O)cc1. The van der Waals surface area contributed by atoms with Crippen molar-refractivity contribution in [2.24, 2.45) is 5.73 Å². The summed E-state index contributed by atoms with van der Waals surface area (Å²) in [6.45, 7) is 3.37. The van der Waals surface area contributed by atoms with Gasteiger partial charge in [-0.15, -0.1) is 0 Å². The molecular weight excluding hydrogens is 166 g/mol. The van der Waals surface area contributed by atoms with Crippen LogP contribution in [-0.4, -0.2) is 11.0 Å². The minimum absolute atomic E-state index is 0.452. The standard InChI is InChI=1S/C10H13NO2/c1-10(2,13)8-5-3-7(4-6-8)9(11)12/h3-6,13H,1-2H3,(H2,11,12). The first-order chi connectivity index (χ1) is 5.91. The zero-order chi connectivity index (χ0) is 10.1. The van der Waals surface area contributed by atoms with Gasteiger partial charge in [-0.3, -0.25) is 4.79 Å². The Hall–Kier alpha value is -1.35.